The fraction of sp³-hybridized carbons (Fsp3) is 0.130. The Kier molecular flexibility index (Phi) is 5.56. The van der Waals surface area contributed by atoms with Gasteiger partial charge in [-0.05, 0) is 35.9 Å². The van der Waals surface area contributed by atoms with Crippen molar-refractivity contribution in [3.05, 3.63) is 96.3 Å². The first-order valence-electron chi connectivity index (χ1n) is 9.44. The second kappa shape index (κ2) is 8.44. The van der Waals surface area contributed by atoms with Crippen LogP contribution >= 0.6 is 0 Å². The number of halogens is 1. The summed E-state index contributed by atoms with van der Waals surface area (Å²) in [5.41, 5.74) is 1.83. The molecule has 0 aromatic heterocycles. The van der Waals surface area contributed by atoms with Crippen LogP contribution in [0.2, 0.25) is 0 Å². The Bertz CT molecular complexity index is 1050. The van der Waals surface area contributed by atoms with Gasteiger partial charge in [0.2, 0.25) is 0 Å². The van der Waals surface area contributed by atoms with Crippen molar-refractivity contribution < 1.29 is 18.7 Å². The molecule has 2 N–H and O–H groups in total. The number of benzene rings is 3. The van der Waals surface area contributed by atoms with E-state index in [0.29, 0.717) is 12.2 Å². The van der Waals surface area contributed by atoms with Crippen molar-refractivity contribution in [3.63, 3.8) is 0 Å². The Labute approximate surface area is 173 Å². The Hall–Kier alpha value is -3.55. The Balaban J connectivity index is 1.51. The molecule has 4 rings (SSSR count). The van der Waals surface area contributed by atoms with Crippen molar-refractivity contribution in [2.45, 2.75) is 18.8 Å². The highest BCUT2D eigenvalue weighted by Crippen LogP contribution is 2.30. The fourth-order valence-corrected chi connectivity index (χ4v) is 3.20. The van der Waals surface area contributed by atoms with Gasteiger partial charge in [0.25, 0.3) is 11.8 Å². The van der Waals surface area contributed by atoms with Crippen molar-refractivity contribution in [2.75, 3.05) is 9.91 Å². The zero-order chi connectivity index (χ0) is 21.1. The van der Waals surface area contributed by atoms with E-state index in [1.54, 1.807) is 4.90 Å². The first-order valence-corrected chi connectivity index (χ1v) is 9.44. The first-order chi connectivity index (χ1) is 14.5. The summed E-state index contributed by atoms with van der Waals surface area (Å²) >= 11 is 0. The smallest absolute Gasteiger partial charge is 0.273 e. The summed E-state index contributed by atoms with van der Waals surface area (Å²) in [6, 6.07) is 24.1. The summed E-state index contributed by atoms with van der Waals surface area (Å²) in [7, 11) is 0. The van der Waals surface area contributed by atoms with Gasteiger partial charge in [0.1, 0.15) is 5.82 Å². The van der Waals surface area contributed by atoms with Gasteiger partial charge in [-0.25, -0.2) is 15.2 Å². The molecule has 152 valence electrons. The zero-order valence-electron chi connectivity index (χ0n) is 16.0. The quantitative estimate of drug-likeness (QED) is 0.296. The lowest BCUT2D eigenvalue weighted by molar-refractivity contribution is -0.121. The number of ether oxygens (including phenoxy) is 1. The molecule has 1 fully saturated rings. The lowest BCUT2D eigenvalue weighted by Crippen LogP contribution is -2.43. The van der Waals surface area contributed by atoms with Crippen LogP contribution in [0.5, 0.6) is 0 Å². The molecule has 1 saturated heterocycles. The topological polar surface area (TPSA) is 79.2 Å². The monoisotopic (exact) mass is 405 g/mol. The van der Waals surface area contributed by atoms with Gasteiger partial charge >= 0.3 is 0 Å². The molecular weight excluding hydrogens is 385 g/mol. The van der Waals surface area contributed by atoms with Gasteiger partial charge in [-0.15, -0.1) is 0 Å². The predicted molar refractivity (Wildman–Crippen MR) is 111 cm³/mol. The summed E-state index contributed by atoms with van der Waals surface area (Å²) in [5.74, 6) is 4.38. The number of hydrogen-bond acceptors (Lipinski definition) is 4. The molecular formula is C23H20FN3O3. The molecule has 3 aromatic carbocycles. The number of nitrogens with zero attached hydrogens (tertiary/aromatic N) is 2. The van der Waals surface area contributed by atoms with Crippen LogP contribution in [0, 0.1) is 5.82 Å². The molecule has 7 heteroatoms. The number of hydrazine groups is 1. The van der Waals surface area contributed by atoms with Crippen molar-refractivity contribution in [2.24, 2.45) is 5.84 Å². The lowest BCUT2D eigenvalue weighted by atomic mass is 10.1. The van der Waals surface area contributed by atoms with Crippen molar-refractivity contribution in [3.8, 4) is 0 Å². The molecule has 2 amide bonds. The van der Waals surface area contributed by atoms with Gasteiger partial charge in [0, 0.05) is 5.69 Å². The van der Waals surface area contributed by atoms with E-state index in [4.69, 9.17) is 10.6 Å². The SMILES string of the molecule is NN(C(=O)[C@H]1O[C@@H]1C(=O)N(Cc1ccccc1)c1ccccc1)c1cccc(F)c1. The molecule has 0 saturated carbocycles. The lowest BCUT2D eigenvalue weighted by Gasteiger charge is -2.22. The number of para-hydroxylation sites is 1. The molecule has 2 atom stereocenters. The molecule has 1 aliphatic rings. The van der Waals surface area contributed by atoms with Crippen LogP contribution in [0.3, 0.4) is 0 Å². The maximum Gasteiger partial charge on any atom is 0.273 e. The number of carbonyl (C=O) groups excluding carboxylic acids is 2. The molecule has 0 aliphatic carbocycles. The highest BCUT2D eigenvalue weighted by molar-refractivity contribution is 6.06. The summed E-state index contributed by atoms with van der Waals surface area (Å²) in [6.45, 7) is 0.334. The average Bonchev–Trinajstić information content (AvgIpc) is 3.58. The number of hydrogen-bond donors (Lipinski definition) is 1. The number of nitrogens with two attached hydrogens (primary N) is 1. The van der Waals surface area contributed by atoms with Crippen LogP contribution in [0.25, 0.3) is 0 Å². The molecule has 0 spiro atoms. The molecule has 1 heterocycles. The van der Waals surface area contributed by atoms with E-state index in [1.807, 2.05) is 60.7 Å². The van der Waals surface area contributed by atoms with Gasteiger partial charge < -0.3 is 9.64 Å². The normalized spacial score (nSPS) is 17.3. The van der Waals surface area contributed by atoms with Crippen molar-refractivity contribution >= 4 is 23.2 Å². The minimum Gasteiger partial charge on any atom is -0.349 e. The van der Waals surface area contributed by atoms with Crippen LogP contribution in [0.4, 0.5) is 15.8 Å². The van der Waals surface area contributed by atoms with Gasteiger partial charge in [-0.3, -0.25) is 9.59 Å². The first kappa shape index (κ1) is 19.8. The van der Waals surface area contributed by atoms with E-state index < -0.39 is 23.9 Å². The summed E-state index contributed by atoms with van der Waals surface area (Å²) < 4.78 is 18.8. The third kappa shape index (κ3) is 4.22. The summed E-state index contributed by atoms with van der Waals surface area (Å²) in [5, 5.41) is 0.811. The predicted octanol–water partition coefficient (Wildman–Crippen LogP) is 3.03. The Morgan fingerprint density at radius 2 is 1.43 bits per heavy atom. The number of anilines is 2. The fourth-order valence-electron chi connectivity index (χ4n) is 3.20. The van der Waals surface area contributed by atoms with E-state index in [0.717, 1.165) is 16.6 Å². The minimum absolute atomic E-state index is 0.186. The van der Waals surface area contributed by atoms with Crippen LogP contribution in [0.1, 0.15) is 5.56 Å². The van der Waals surface area contributed by atoms with E-state index >= 15 is 0 Å². The van der Waals surface area contributed by atoms with Gasteiger partial charge in [0.05, 0.1) is 12.2 Å². The van der Waals surface area contributed by atoms with E-state index in [2.05, 4.69) is 0 Å². The van der Waals surface area contributed by atoms with Crippen LogP contribution < -0.4 is 15.8 Å². The third-order valence-corrected chi connectivity index (χ3v) is 4.82. The third-order valence-electron chi connectivity index (χ3n) is 4.82. The van der Waals surface area contributed by atoms with E-state index in [-0.39, 0.29) is 11.6 Å². The molecule has 0 radical (unpaired) electrons. The number of rotatable bonds is 6. The Morgan fingerprint density at radius 1 is 0.833 bits per heavy atom. The summed E-state index contributed by atoms with van der Waals surface area (Å²) in [4.78, 5) is 27.4. The minimum atomic E-state index is -1.01. The second-order valence-electron chi connectivity index (χ2n) is 6.91. The maximum absolute atomic E-state index is 13.4. The van der Waals surface area contributed by atoms with E-state index in [1.165, 1.54) is 18.2 Å². The number of amides is 2. The highest BCUT2D eigenvalue weighted by atomic mass is 19.1. The molecule has 0 unspecified atom stereocenters. The molecule has 30 heavy (non-hydrogen) atoms. The average molecular weight is 405 g/mol. The zero-order valence-corrected chi connectivity index (χ0v) is 16.0. The molecule has 3 aromatic rings. The van der Waals surface area contributed by atoms with Crippen LogP contribution in [-0.2, 0) is 20.9 Å². The van der Waals surface area contributed by atoms with Gasteiger partial charge in [0.15, 0.2) is 12.2 Å². The van der Waals surface area contributed by atoms with E-state index in [9.17, 15) is 14.0 Å². The van der Waals surface area contributed by atoms with Crippen LogP contribution in [-0.4, -0.2) is 24.0 Å². The standard InChI is InChI=1S/C23H20FN3O3/c24-17-10-7-13-19(14-17)27(25)23(29)21-20(30-21)22(28)26(18-11-5-2-6-12-18)15-16-8-3-1-4-9-16/h1-14,20-21H,15,25H2/t20-,21-/m0/s1. The maximum atomic E-state index is 13.4. The molecule has 6 nitrogen and oxygen atoms in total. The van der Waals surface area contributed by atoms with Gasteiger partial charge in [-0.2, -0.15) is 0 Å². The largest absolute Gasteiger partial charge is 0.349 e. The summed E-state index contributed by atoms with van der Waals surface area (Å²) in [6.07, 6.45) is -1.95. The van der Waals surface area contributed by atoms with Gasteiger partial charge in [-0.1, -0.05) is 54.6 Å². The number of epoxide rings is 1. The van der Waals surface area contributed by atoms with Crippen LogP contribution in [0.15, 0.2) is 84.9 Å². The Morgan fingerprint density at radius 3 is 2.10 bits per heavy atom. The highest BCUT2D eigenvalue weighted by Gasteiger charge is 2.53. The molecule has 1 aliphatic heterocycles. The second-order valence-corrected chi connectivity index (χ2v) is 6.91. The molecule has 0 bridgehead atoms. The van der Waals surface area contributed by atoms with Crippen molar-refractivity contribution in [1.82, 2.24) is 0 Å². The van der Waals surface area contributed by atoms with Crippen molar-refractivity contribution in [1.29, 1.82) is 0 Å². The number of carbonyl (C=O) groups is 2.